The monoisotopic (exact) mass is 426 g/mol. The van der Waals surface area contributed by atoms with Crippen LogP contribution in [0, 0.1) is 0 Å². The average Bonchev–Trinajstić information content (AvgIpc) is 2.87. The van der Waals surface area contributed by atoms with Crippen molar-refractivity contribution in [2.45, 2.75) is 53.4 Å². The zero-order valence-electron chi connectivity index (χ0n) is 18.9. The zero-order valence-corrected chi connectivity index (χ0v) is 18.9. The van der Waals surface area contributed by atoms with Gasteiger partial charge in [0.25, 0.3) is 0 Å². The molecule has 4 heterocycles. The quantitative estimate of drug-likeness (QED) is 0.435. The first-order valence-corrected chi connectivity index (χ1v) is 11.1. The van der Waals surface area contributed by atoms with Crippen LogP contribution in [-0.4, -0.2) is 40.3 Å². The van der Waals surface area contributed by atoms with E-state index >= 15 is 0 Å². The molecule has 0 fully saturated rings. The Labute approximate surface area is 187 Å². The van der Waals surface area contributed by atoms with E-state index in [1.54, 1.807) is 0 Å². The van der Waals surface area contributed by atoms with E-state index in [1.807, 2.05) is 36.4 Å². The highest BCUT2D eigenvalue weighted by atomic mass is 15.2. The zero-order chi connectivity index (χ0) is 22.5. The summed E-state index contributed by atoms with van der Waals surface area (Å²) in [7, 11) is 0. The van der Waals surface area contributed by atoms with Gasteiger partial charge in [-0.25, -0.2) is 19.9 Å². The maximum Gasteiger partial charge on any atom is 0.200 e. The first kappa shape index (κ1) is 21.5. The minimum atomic E-state index is 0.521. The molecule has 162 valence electrons. The maximum atomic E-state index is 4.76. The molecule has 0 spiro atoms. The van der Waals surface area contributed by atoms with Crippen molar-refractivity contribution >= 4 is 0 Å². The number of aromatic nitrogens is 8. The van der Waals surface area contributed by atoms with Crippen molar-refractivity contribution in [2.75, 3.05) is 0 Å². The summed E-state index contributed by atoms with van der Waals surface area (Å²) in [5, 5.41) is 17.3. The number of rotatable bonds is 7. The van der Waals surface area contributed by atoms with E-state index in [1.165, 1.54) is 0 Å². The van der Waals surface area contributed by atoms with Gasteiger partial charge in [0, 0.05) is 0 Å². The van der Waals surface area contributed by atoms with Crippen LogP contribution >= 0.6 is 0 Å². The van der Waals surface area contributed by atoms with Crippen LogP contribution < -0.4 is 0 Å². The van der Waals surface area contributed by atoms with Gasteiger partial charge in [0.05, 0.1) is 34.2 Å². The average molecular weight is 427 g/mol. The number of hydrogen-bond donors (Lipinski definition) is 0. The van der Waals surface area contributed by atoms with Crippen LogP contribution in [0.5, 0.6) is 0 Å². The van der Waals surface area contributed by atoms with Crippen molar-refractivity contribution in [3.63, 3.8) is 0 Å². The van der Waals surface area contributed by atoms with E-state index in [4.69, 9.17) is 9.97 Å². The highest BCUT2D eigenvalue weighted by Crippen LogP contribution is 2.22. The third-order valence-electron chi connectivity index (χ3n) is 5.24. The SMILES string of the molecule is CCc1nnc(-c2cccc(-c3cccc(-c4nnc(CC)c(CC)n4)n3)n2)nc1CC. The smallest absolute Gasteiger partial charge is 0.200 e. The van der Waals surface area contributed by atoms with Crippen molar-refractivity contribution in [2.24, 2.45) is 0 Å². The molecule has 4 rings (SSSR count). The lowest BCUT2D eigenvalue weighted by Gasteiger charge is -2.08. The summed E-state index contributed by atoms with van der Waals surface area (Å²) in [5.74, 6) is 1.04. The van der Waals surface area contributed by atoms with Gasteiger partial charge in [0.1, 0.15) is 11.4 Å². The second-order valence-corrected chi connectivity index (χ2v) is 7.29. The van der Waals surface area contributed by atoms with Crippen molar-refractivity contribution in [1.82, 2.24) is 40.3 Å². The van der Waals surface area contributed by atoms with E-state index < -0.39 is 0 Å². The third-order valence-corrected chi connectivity index (χ3v) is 5.24. The van der Waals surface area contributed by atoms with Crippen molar-refractivity contribution in [3.05, 3.63) is 59.2 Å². The van der Waals surface area contributed by atoms with E-state index in [-0.39, 0.29) is 0 Å². The number of hydrogen-bond acceptors (Lipinski definition) is 8. The summed E-state index contributed by atoms with van der Waals surface area (Å²) in [6, 6.07) is 11.5. The lowest BCUT2D eigenvalue weighted by atomic mass is 10.2. The molecule has 0 saturated carbocycles. The second-order valence-electron chi connectivity index (χ2n) is 7.29. The molecule has 32 heavy (non-hydrogen) atoms. The first-order chi connectivity index (χ1) is 15.7. The molecule has 8 heteroatoms. The minimum Gasteiger partial charge on any atom is -0.243 e. The van der Waals surface area contributed by atoms with Crippen LogP contribution in [0.4, 0.5) is 0 Å². The predicted octanol–water partition coefficient (Wildman–Crippen LogP) is 4.10. The molecule has 4 aromatic heterocycles. The highest BCUT2D eigenvalue weighted by molar-refractivity contribution is 5.62. The van der Waals surface area contributed by atoms with Gasteiger partial charge in [-0.3, -0.25) is 0 Å². The molecular weight excluding hydrogens is 400 g/mol. The fourth-order valence-electron chi connectivity index (χ4n) is 3.50. The van der Waals surface area contributed by atoms with Crippen molar-refractivity contribution in [1.29, 1.82) is 0 Å². The molecule has 0 aliphatic carbocycles. The first-order valence-electron chi connectivity index (χ1n) is 11.1. The van der Waals surface area contributed by atoms with Crippen LogP contribution in [0.2, 0.25) is 0 Å². The predicted molar refractivity (Wildman–Crippen MR) is 123 cm³/mol. The Hall–Kier alpha value is -3.68. The summed E-state index contributed by atoms with van der Waals surface area (Å²) in [6.07, 6.45) is 3.23. The molecular formula is C24H26N8. The van der Waals surface area contributed by atoms with E-state index in [0.717, 1.165) is 59.8 Å². The van der Waals surface area contributed by atoms with Gasteiger partial charge < -0.3 is 0 Å². The van der Waals surface area contributed by atoms with Crippen LogP contribution in [0.15, 0.2) is 36.4 Å². The van der Waals surface area contributed by atoms with Crippen molar-refractivity contribution in [3.8, 4) is 34.4 Å². The second kappa shape index (κ2) is 9.64. The fourth-order valence-corrected chi connectivity index (χ4v) is 3.50. The maximum absolute atomic E-state index is 4.76. The van der Waals surface area contributed by atoms with Crippen LogP contribution in [0.1, 0.15) is 50.5 Å². The third kappa shape index (κ3) is 4.34. The Kier molecular flexibility index (Phi) is 6.49. The normalized spacial score (nSPS) is 11.0. The molecule has 8 nitrogen and oxygen atoms in total. The highest BCUT2D eigenvalue weighted by Gasteiger charge is 2.13. The van der Waals surface area contributed by atoms with Gasteiger partial charge in [-0.1, -0.05) is 39.8 Å². The molecule has 0 aliphatic heterocycles. The number of pyridine rings is 2. The largest absolute Gasteiger partial charge is 0.243 e. The lowest BCUT2D eigenvalue weighted by molar-refractivity contribution is 0.825. The van der Waals surface area contributed by atoms with Gasteiger partial charge in [-0.2, -0.15) is 10.2 Å². The van der Waals surface area contributed by atoms with E-state index in [2.05, 4.69) is 58.1 Å². The Balaban J connectivity index is 1.70. The van der Waals surface area contributed by atoms with Gasteiger partial charge in [-0.15, -0.1) is 10.2 Å². The van der Waals surface area contributed by atoms with Gasteiger partial charge in [0.2, 0.25) is 11.6 Å². The van der Waals surface area contributed by atoms with Crippen LogP contribution in [-0.2, 0) is 25.7 Å². The fraction of sp³-hybridized carbons (Fsp3) is 0.333. The molecule has 0 bridgehead atoms. The van der Waals surface area contributed by atoms with E-state index in [9.17, 15) is 0 Å². The topological polar surface area (TPSA) is 103 Å². The molecule has 0 aliphatic rings. The molecule has 0 atom stereocenters. The van der Waals surface area contributed by atoms with Gasteiger partial charge >= 0.3 is 0 Å². The number of nitrogens with zero attached hydrogens (tertiary/aromatic N) is 8. The molecule has 0 aromatic carbocycles. The standard InChI is InChI=1S/C24H26N8/c1-5-15-17(7-3)29-31-23(27-15)21-13-9-11-19(25-21)20-12-10-14-22(26-20)24-28-16(6-2)18(8-4)30-32-24/h9-14H,5-8H2,1-4H3. The summed E-state index contributed by atoms with van der Waals surface area (Å²) >= 11 is 0. The Bertz CT molecular complexity index is 1140. The van der Waals surface area contributed by atoms with Crippen LogP contribution in [0.25, 0.3) is 34.4 Å². The lowest BCUT2D eigenvalue weighted by Crippen LogP contribution is -2.06. The molecule has 0 saturated heterocycles. The Morgan fingerprint density at radius 3 is 1.19 bits per heavy atom. The minimum absolute atomic E-state index is 0.521. The summed E-state index contributed by atoms with van der Waals surface area (Å²) in [6.45, 7) is 8.25. The molecule has 4 aromatic rings. The Morgan fingerprint density at radius 1 is 0.438 bits per heavy atom. The van der Waals surface area contributed by atoms with E-state index in [0.29, 0.717) is 23.0 Å². The molecule has 0 unspecified atom stereocenters. The number of aryl methyl sites for hydroxylation is 4. The summed E-state index contributed by atoms with van der Waals surface area (Å²) in [4.78, 5) is 18.9. The van der Waals surface area contributed by atoms with Crippen molar-refractivity contribution < 1.29 is 0 Å². The summed E-state index contributed by atoms with van der Waals surface area (Å²) < 4.78 is 0. The molecule has 0 radical (unpaired) electrons. The Morgan fingerprint density at radius 2 is 0.812 bits per heavy atom. The van der Waals surface area contributed by atoms with Crippen LogP contribution in [0.3, 0.4) is 0 Å². The molecule has 0 N–H and O–H groups in total. The molecule has 0 amide bonds. The van der Waals surface area contributed by atoms with Gasteiger partial charge in [0.15, 0.2) is 0 Å². The van der Waals surface area contributed by atoms with Gasteiger partial charge in [-0.05, 0) is 49.9 Å². The summed E-state index contributed by atoms with van der Waals surface area (Å²) in [5.41, 5.74) is 6.54.